The Morgan fingerprint density at radius 1 is 0.684 bits per heavy atom. The average Bonchev–Trinajstić information content (AvgIpc) is 3.37. The first-order chi connectivity index (χ1) is 18.8. The van der Waals surface area contributed by atoms with E-state index in [-0.39, 0.29) is 6.17 Å². The van der Waals surface area contributed by atoms with Gasteiger partial charge < -0.3 is 4.90 Å². The second kappa shape index (κ2) is 9.32. The average molecular weight is 510 g/mol. The number of aromatic nitrogens is 2. The van der Waals surface area contributed by atoms with E-state index in [9.17, 15) is 0 Å². The summed E-state index contributed by atoms with van der Waals surface area (Å²) in [4.78, 5) is 21.2. The van der Waals surface area contributed by atoms with E-state index in [0.717, 1.165) is 22.8 Å². The zero-order valence-electron chi connectivity index (χ0n) is 20.7. The van der Waals surface area contributed by atoms with Crippen LogP contribution in [-0.2, 0) is 0 Å². The number of amidine groups is 2. The molecule has 1 aliphatic heterocycles. The van der Waals surface area contributed by atoms with Crippen molar-refractivity contribution in [1.82, 2.24) is 14.9 Å². The van der Waals surface area contributed by atoms with Gasteiger partial charge in [-0.15, -0.1) is 11.3 Å². The molecular formula is C32H23N5S. The highest BCUT2D eigenvalue weighted by Gasteiger charge is 2.28. The number of hydrogen-bond donors (Lipinski definition) is 0. The summed E-state index contributed by atoms with van der Waals surface area (Å²) in [5.41, 5.74) is 5.04. The maximum atomic E-state index is 5.03. The van der Waals surface area contributed by atoms with Crippen molar-refractivity contribution in [3.05, 3.63) is 132 Å². The topological polar surface area (TPSA) is 53.7 Å². The number of hydrogen-bond acceptors (Lipinski definition) is 6. The van der Waals surface area contributed by atoms with Crippen molar-refractivity contribution in [3.8, 4) is 11.1 Å². The van der Waals surface area contributed by atoms with Crippen molar-refractivity contribution in [2.45, 2.75) is 6.17 Å². The molecule has 7 rings (SSSR count). The summed E-state index contributed by atoms with van der Waals surface area (Å²) in [5.74, 6) is 1.44. The first kappa shape index (κ1) is 22.5. The lowest BCUT2D eigenvalue weighted by Gasteiger charge is -2.31. The second-order valence-corrected chi connectivity index (χ2v) is 10.3. The summed E-state index contributed by atoms with van der Waals surface area (Å²) in [7, 11) is 1.99. The lowest BCUT2D eigenvalue weighted by molar-refractivity contribution is 0.374. The smallest absolute Gasteiger partial charge is 0.167 e. The first-order valence-corrected chi connectivity index (χ1v) is 13.3. The molecular weight excluding hydrogens is 486 g/mol. The Hall–Kier alpha value is -4.68. The Labute approximate surface area is 224 Å². The van der Waals surface area contributed by atoms with Gasteiger partial charge >= 0.3 is 0 Å². The number of benzene rings is 3. The lowest BCUT2D eigenvalue weighted by atomic mass is 10.0. The van der Waals surface area contributed by atoms with E-state index in [0.29, 0.717) is 5.84 Å². The van der Waals surface area contributed by atoms with E-state index >= 15 is 0 Å². The Morgan fingerprint density at radius 2 is 1.42 bits per heavy atom. The Bertz CT molecular complexity index is 1820. The number of thiophene rings is 1. The minimum atomic E-state index is -0.298. The van der Waals surface area contributed by atoms with Crippen LogP contribution in [0.25, 0.3) is 31.3 Å². The molecule has 182 valence electrons. The molecule has 1 aliphatic rings. The fourth-order valence-electron chi connectivity index (χ4n) is 4.96. The molecule has 1 atom stereocenters. The Kier molecular flexibility index (Phi) is 5.52. The van der Waals surface area contributed by atoms with Gasteiger partial charge in [0.05, 0.1) is 5.69 Å². The van der Waals surface area contributed by atoms with Crippen molar-refractivity contribution in [3.63, 3.8) is 0 Å². The monoisotopic (exact) mass is 509 g/mol. The Balaban J connectivity index is 1.31. The molecule has 0 radical (unpaired) electrons. The van der Waals surface area contributed by atoms with Gasteiger partial charge in [-0.25, -0.2) is 9.98 Å². The summed E-state index contributed by atoms with van der Waals surface area (Å²) in [5, 5.41) is 2.61. The lowest BCUT2D eigenvalue weighted by Crippen LogP contribution is -2.36. The largest absolute Gasteiger partial charge is 0.331 e. The third-order valence-corrected chi connectivity index (χ3v) is 8.08. The molecule has 0 fully saturated rings. The van der Waals surface area contributed by atoms with Crippen LogP contribution in [0.3, 0.4) is 0 Å². The van der Waals surface area contributed by atoms with E-state index in [1.54, 1.807) is 12.4 Å². The van der Waals surface area contributed by atoms with Crippen LogP contribution >= 0.6 is 11.3 Å². The molecule has 6 aromatic rings. The van der Waals surface area contributed by atoms with Gasteiger partial charge in [0.2, 0.25) is 0 Å². The van der Waals surface area contributed by atoms with E-state index in [2.05, 4.69) is 76.7 Å². The van der Waals surface area contributed by atoms with Gasteiger partial charge in [0.1, 0.15) is 5.69 Å². The quantitative estimate of drug-likeness (QED) is 0.250. The molecule has 0 bridgehead atoms. The van der Waals surface area contributed by atoms with Crippen LogP contribution in [0.15, 0.2) is 126 Å². The highest BCUT2D eigenvalue weighted by atomic mass is 32.1. The standard InChI is InChI=1S/C32H23N5S/c1-37-31(26-12-4-6-19-33-26)35-30(36-32(37)27-13-5-7-20-34-27)22-17-15-21(16-18-22)23-10-8-11-25-24-9-2-3-14-28(24)38-29(23)25/h2-20,31H,1H3. The van der Waals surface area contributed by atoms with E-state index in [1.807, 2.05) is 59.7 Å². The summed E-state index contributed by atoms with van der Waals surface area (Å²) in [6.07, 6.45) is 3.29. The van der Waals surface area contributed by atoms with Crippen LogP contribution in [0.4, 0.5) is 0 Å². The van der Waals surface area contributed by atoms with E-state index < -0.39 is 0 Å². The van der Waals surface area contributed by atoms with E-state index in [4.69, 9.17) is 9.98 Å². The summed E-state index contributed by atoms with van der Waals surface area (Å²) in [6.45, 7) is 0. The van der Waals surface area contributed by atoms with Gasteiger partial charge in [-0.2, -0.15) is 0 Å². The molecule has 0 amide bonds. The van der Waals surface area contributed by atoms with Crippen molar-refractivity contribution < 1.29 is 0 Å². The van der Waals surface area contributed by atoms with Crippen molar-refractivity contribution in [2.24, 2.45) is 9.98 Å². The van der Waals surface area contributed by atoms with Gasteiger partial charge in [0.15, 0.2) is 17.8 Å². The molecule has 0 aliphatic carbocycles. The predicted molar refractivity (Wildman–Crippen MR) is 157 cm³/mol. The molecule has 38 heavy (non-hydrogen) atoms. The molecule has 0 saturated heterocycles. The maximum absolute atomic E-state index is 5.03. The molecule has 0 N–H and O–H groups in total. The van der Waals surface area contributed by atoms with Gasteiger partial charge in [0.25, 0.3) is 0 Å². The summed E-state index contributed by atoms with van der Waals surface area (Å²) in [6, 6.07) is 35.5. The number of pyridine rings is 2. The van der Waals surface area contributed by atoms with Gasteiger partial charge in [-0.05, 0) is 41.5 Å². The number of nitrogens with zero attached hydrogens (tertiary/aromatic N) is 5. The third-order valence-electron chi connectivity index (χ3n) is 6.86. The predicted octanol–water partition coefficient (Wildman–Crippen LogP) is 7.35. The van der Waals surface area contributed by atoms with Crippen molar-refractivity contribution in [1.29, 1.82) is 0 Å². The molecule has 6 heteroatoms. The summed E-state index contributed by atoms with van der Waals surface area (Å²) < 4.78 is 2.62. The fourth-order valence-corrected chi connectivity index (χ4v) is 6.20. The van der Waals surface area contributed by atoms with Gasteiger partial charge in [-0.1, -0.05) is 72.8 Å². The van der Waals surface area contributed by atoms with Crippen molar-refractivity contribution >= 4 is 43.2 Å². The molecule has 0 spiro atoms. The Morgan fingerprint density at radius 3 is 2.21 bits per heavy atom. The minimum Gasteiger partial charge on any atom is -0.331 e. The van der Waals surface area contributed by atoms with Gasteiger partial charge in [0, 0.05) is 45.2 Å². The zero-order valence-corrected chi connectivity index (χ0v) is 21.5. The van der Waals surface area contributed by atoms with Crippen LogP contribution in [-0.4, -0.2) is 33.6 Å². The molecule has 4 heterocycles. The third kappa shape index (κ3) is 3.86. The van der Waals surface area contributed by atoms with Crippen LogP contribution < -0.4 is 0 Å². The molecule has 3 aromatic carbocycles. The zero-order chi connectivity index (χ0) is 25.5. The highest BCUT2D eigenvalue weighted by molar-refractivity contribution is 7.26. The molecule has 3 aromatic heterocycles. The summed E-state index contributed by atoms with van der Waals surface area (Å²) >= 11 is 1.85. The number of aliphatic imine (C=N–C) groups is 2. The van der Waals surface area contributed by atoms with E-state index in [1.165, 1.54) is 31.3 Å². The maximum Gasteiger partial charge on any atom is 0.167 e. The van der Waals surface area contributed by atoms with Gasteiger partial charge in [-0.3, -0.25) is 9.97 Å². The SMILES string of the molecule is CN1C(c2ccccn2)=NC(c2ccc(-c3cccc4c3sc3ccccc34)cc2)=NC1c1ccccn1. The highest BCUT2D eigenvalue weighted by Crippen LogP contribution is 2.39. The van der Waals surface area contributed by atoms with Crippen LogP contribution in [0.2, 0.25) is 0 Å². The molecule has 5 nitrogen and oxygen atoms in total. The molecule has 1 unspecified atom stereocenters. The van der Waals surface area contributed by atoms with Crippen LogP contribution in [0, 0.1) is 0 Å². The minimum absolute atomic E-state index is 0.298. The number of rotatable bonds is 4. The molecule has 0 saturated carbocycles. The van der Waals surface area contributed by atoms with Crippen LogP contribution in [0.5, 0.6) is 0 Å². The second-order valence-electron chi connectivity index (χ2n) is 9.20. The van der Waals surface area contributed by atoms with Crippen LogP contribution in [0.1, 0.15) is 23.1 Å². The normalized spacial score (nSPS) is 15.5. The first-order valence-electron chi connectivity index (χ1n) is 12.5. The van der Waals surface area contributed by atoms with Crippen molar-refractivity contribution in [2.75, 3.05) is 7.05 Å². The fraction of sp³-hybridized carbons (Fsp3) is 0.0625. The number of fused-ring (bicyclic) bond motifs is 3.